The second-order valence-electron chi connectivity index (χ2n) is 9.15. The minimum Gasteiger partial charge on any atom is -0.379 e. The molecule has 0 spiro atoms. The first-order valence-corrected chi connectivity index (χ1v) is 12.3. The fourth-order valence-corrected chi connectivity index (χ4v) is 4.46. The summed E-state index contributed by atoms with van der Waals surface area (Å²) >= 11 is 0. The molecule has 1 N–H and O–H groups in total. The summed E-state index contributed by atoms with van der Waals surface area (Å²) in [5.74, 6) is 0.269. The lowest BCUT2D eigenvalue weighted by molar-refractivity contribution is 0.0342. The molecule has 1 aliphatic heterocycles. The Hall–Kier alpha value is -4.34. The van der Waals surface area contributed by atoms with Crippen molar-refractivity contribution in [2.75, 3.05) is 31.6 Å². The number of fused-ring (bicyclic) bond motifs is 1. The van der Waals surface area contributed by atoms with Crippen molar-refractivity contribution in [3.05, 3.63) is 95.9 Å². The number of aromatic nitrogens is 5. The van der Waals surface area contributed by atoms with Crippen LogP contribution in [-0.2, 0) is 11.3 Å². The number of hydrogen-bond acceptors (Lipinski definition) is 6. The molecule has 4 heterocycles. The number of aryl methyl sites for hydroxylation is 1. The zero-order valence-corrected chi connectivity index (χ0v) is 20.5. The first-order valence-electron chi connectivity index (χ1n) is 12.3. The highest BCUT2D eigenvalue weighted by molar-refractivity contribution is 6.08. The van der Waals surface area contributed by atoms with E-state index in [1.807, 2.05) is 37.3 Å². The Labute approximate surface area is 214 Å². The van der Waals surface area contributed by atoms with Crippen molar-refractivity contribution in [1.29, 1.82) is 0 Å². The largest absolute Gasteiger partial charge is 0.379 e. The summed E-state index contributed by atoms with van der Waals surface area (Å²) in [5.41, 5.74) is 5.89. The Morgan fingerprint density at radius 2 is 1.84 bits per heavy atom. The molecule has 1 amide bonds. The smallest absolute Gasteiger partial charge is 0.262 e. The van der Waals surface area contributed by atoms with Gasteiger partial charge in [0.2, 0.25) is 0 Å². The molecule has 9 nitrogen and oxygen atoms in total. The summed E-state index contributed by atoms with van der Waals surface area (Å²) in [6.45, 7) is 6.42. The van der Waals surface area contributed by atoms with Gasteiger partial charge in [-0.25, -0.2) is 14.2 Å². The Balaban J connectivity index is 1.30. The van der Waals surface area contributed by atoms with E-state index in [9.17, 15) is 4.79 Å². The molecule has 2 aromatic carbocycles. The Morgan fingerprint density at radius 3 is 2.62 bits per heavy atom. The predicted molar refractivity (Wildman–Crippen MR) is 141 cm³/mol. The van der Waals surface area contributed by atoms with E-state index >= 15 is 0 Å². The molecule has 1 aliphatic rings. The number of amides is 1. The van der Waals surface area contributed by atoms with Gasteiger partial charge in [-0.1, -0.05) is 42.0 Å². The summed E-state index contributed by atoms with van der Waals surface area (Å²) < 4.78 is 8.79. The van der Waals surface area contributed by atoms with Crippen LogP contribution in [0.1, 0.15) is 21.5 Å². The van der Waals surface area contributed by atoms with Gasteiger partial charge in [0.1, 0.15) is 11.4 Å². The second-order valence-corrected chi connectivity index (χ2v) is 9.15. The summed E-state index contributed by atoms with van der Waals surface area (Å²) in [4.78, 5) is 19.9. The first kappa shape index (κ1) is 23.1. The van der Waals surface area contributed by atoms with Crippen LogP contribution in [0.4, 0.5) is 5.82 Å². The average Bonchev–Trinajstić information content (AvgIpc) is 3.55. The van der Waals surface area contributed by atoms with E-state index in [4.69, 9.17) is 9.84 Å². The van der Waals surface area contributed by atoms with E-state index in [2.05, 4.69) is 44.6 Å². The third kappa shape index (κ3) is 4.87. The van der Waals surface area contributed by atoms with Crippen molar-refractivity contribution in [2.24, 2.45) is 0 Å². The maximum absolute atomic E-state index is 13.2. The van der Waals surface area contributed by atoms with Crippen LogP contribution in [0.15, 0.2) is 79.3 Å². The van der Waals surface area contributed by atoms with E-state index in [0.717, 1.165) is 55.4 Å². The highest BCUT2D eigenvalue weighted by Crippen LogP contribution is 2.26. The van der Waals surface area contributed by atoms with Gasteiger partial charge in [-0.15, -0.1) is 0 Å². The van der Waals surface area contributed by atoms with E-state index < -0.39 is 0 Å². The van der Waals surface area contributed by atoms with Crippen LogP contribution < -0.4 is 5.32 Å². The number of hydrogen-bond donors (Lipinski definition) is 1. The van der Waals surface area contributed by atoms with Crippen molar-refractivity contribution in [3.8, 4) is 16.9 Å². The van der Waals surface area contributed by atoms with Gasteiger partial charge in [0.05, 0.1) is 30.8 Å². The molecule has 5 aromatic rings. The molecular weight excluding hydrogens is 466 g/mol. The molecule has 0 unspecified atom stereocenters. The standard InChI is InChI=1S/C28H27N7O2/c1-20-3-9-23(10-4-20)35-26(31-28(36)24-18-30-34-12-2-11-29-27(24)34)17-25(32-35)22-7-5-21(6-8-22)19-33-13-15-37-16-14-33/h2-12,17-18H,13-16,19H2,1H3,(H,31,36). The molecule has 3 aromatic heterocycles. The number of nitrogens with zero attached hydrogens (tertiary/aromatic N) is 6. The van der Waals surface area contributed by atoms with E-state index in [1.165, 1.54) is 11.8 Å². The fourth-order valence-electron chi connectivity index (χ4n) is 4.46. The number of benzene rings is 2. The molecular formula is C28H27N7O2. The van der Waals surface area contributed by atoms with Gasteiger partial charge in [-0.05, 0) is 30.7 Å². The number of nitrogens with one attached hydrogen (secondary N) is 1. The Bertz CT molecular complexity index is 1530. The van der Waals surface area contributed by atoms with Crippen molar-refractivity contribution < 1.29 is 9.53 Å². The summed E-state index contributed by atoms with van der Waals surface area (Å²) in [5, 5.41) is 12.1. The summed E-state index contributed by atoms with van der Waals surface area (Å²) in [6, 6.07) is 20.1. The molecule has 0 bridgehead atoms. The third-order valence-electron chi connectivity index (χ3n) is 6.51. The van der Waals surface area contributed by atoms with Crippen molar-refractivity contribution in [2.45, 2.75) is 13.5 Å². The summed E-state index contributed by atoms with van der Waals surface area (Å²) in [7, 11) is 0. The third-order valence-corrected chi connectivity index (χ3v) is 6.51. The van der Waals surface area contributed by atoms with Gasteiger partial charge in [-0.2, -0.15) is 10.2 Å². The number of carbonyl (C=O) groups excluding carboxylic acids is 1. The van der Waals surface area contributed by atoms with Crippen LogP contribution in [-0.4, -0.2) is 61.5 Å². The number of anilines is 1. The molecule has 186 valence electrons. The zero-order chi connectivity index (χ0) is 25.2. The lowest BCUT2D eigenvalue weighted by atomic mass is 10.1. The number of morpholine rings is 1. The van der Waals surface area contributed by atoms with Crippen LogP contribution in [0.2, 0.25) is 0 Å². The van der Waals surface area contributed by atoms with E-state index in [-0.39, 0.29) is 5.91 Å². The lowest BCUT2D eigenvalue weighted by Crippen LogP contribution is -2.35. The topological polar surface area (TPSA) is 89.6 Å². The average molecular weight is 494 g/mol. The number of rotatable bonds is 6. The fraction of sp³-hybridized carbons (Fsp3) is 0.214. The quantitative estimate of drug-likeness (QED) is 0.385. The maximum Gasteiger partial charge on any atom is 0.262 e. The molecule has 9 heteroatoms. The molecule has 0 atom stereocenters. The van der Waals surface area contributed by atoms with Gasteiger partial charge in [0.25, 0.3) is 5.91 Å². The Morgan fingerprint density at radius 1 is 1.05 bits per heavy atom. The molecule has 37 heavy (non-hydrogen) atoms. The predicted octanol–water partition coefficient (Wildman–Crippen LogP) is 3.97. The molecule has 1 saturated heterocycles. The minimum absolute atomic E-state index is 0.297. The van der Waals surface area contributed by atoms with Crippen LogP contribution >= 0.6 is 0 Å². The van der Waals surface area contributed by atoms with Gasteiger partial charge < -0.3 is 10.1 Å². The van der Waals surface area contributed by atoms with Gasteiger partial charge >= 0.3 is 0 Å². The van der Waals surface area contributed by atoms with E-state index in [0.29, 0.717) is 17.0 Å². The summed E-state index contributed by atoms with van der Waals surface area (Å²) in [6.07, 6.45) is 4.93. The van der Waals surface area contributed by atoms with Crippen molar-refractivity contribution in [3.63, 3.8) is 0 Å². The normalized spacial score (nSPS) is 14.2. The van der Waals surface area contributed by atoms with E-state index in [1.54, 1.807) is 27.7 Å². The lowest BCUT2D eigenvalue weighted by Gasteiger charge is -2.26. The molecule has 0 aliphatic carbocycles. The van der Waals surface area contributed by atoms with Gasteiger partial charge in [0, 0.05) is 43.7 Å². The molecule has 0 radical (unpaired) electrons. The monoisotopic (exact) mass is 493 g/mol. The van der Waals surface area contributed by atoms with Crippen molar-refractivity contribution >= 4 is 17.4 Å². The van der Waals surface area contributed by atoms with Crippen LogP contribution in [0.5, 0.6) is 0 Å². The van der Waals surface area contributed by atoms with Crippen molar-refractivity contribution in [1.82, 2.24) is 29.3 Å². The highest BCUT2D eigenvalue weighted by Gasteiger charge is 2.19. The minimum atomic E-state index is -0.297. The zero-order valence-electron chi connectivity index (χ0n) is 20.5. The van der Waals surface area contributed by atoms with Crippen LogP contribution in [0.3, 0.4) is 0 Å². The SMILES string of the molecule is Cc1ccc(-n2nc(-c3ccc(CN4CCOCC4)cc3)cc2NC(=O)c2cnn3cccnc23)cc1. The second kappa shape index (κ2) is 9.96. The number of ether oxygens (including phenoxy) is 1. The van der Waals surface area contributed by atoms with Gasteiger partial charge in [0.15, 0.2) is 5.65 Å². The maximum atomic E-state index is 13.2. The molecule has 0 saturated carbocycles. The number of carbonyl (C=O) groups is 1. The molecule has 1 fully saturated rings. The van der Waals surface area contributed by atoms with Gasteiger partial charge in [-0.3, -0.25) is 9.69 Å². The first-order chi connectivity index (χ1) is 18.1. The van der Waals surface area contributed by atoms with Crippen LogP contribution in [0.25, 0.3) is 22.6 Å². The van der Waals surface area contributed by atoms with Crippen LogP contribution in [0, 0.1) is 6.92 Å². The Kier molecular flexibility index (Phi) is 6.21. The molecule has 6 rings (SSSR count). The highest BCUT2D eigenvalue weighted by atomic mass is 16.5.